The maximum absolute atomic E-state index is 13.0. The van der Waals surface area contributed by atoms with E-state index in [9.17, 15) is 14.4 Å². The molecule has 2 heterocycles. The molecule has 1 atom stereocenters. The summed E-state index contributed by atoms with van der Waals surface area (Å²) in [7, 11) is 3.28. The van der Waals surface area contributed by atoms with Crippen molar-refractivity contribution < 1.29 is 23.9 Å². The van der Waals surface area contributed by atoms with Crippen molar-refractivity contribution in [3.8, 4) is 0 Å². The van der Waals surface area contributed by atoms with E-state index >= 15 is 0 Å². The van der Waals surface area contributed by atoms with Crippen LogP contribution in [-0.4, -0.2) is 57.8 Å². The number of carbonyl (C=O) groups excluding carboxylic acids is 2. The Morgan fingerprint density at radius 3 is 2.81 bits per heavy atom. The third-order valence-electron chi connectivity index (χ3n) is 5.20. The lowest BCUT2D eigenvalue weighted by molar-refractivity contribution is -0.141. The first-order chi connectivity index (χ1) is 14.8. The molecule has 9 heteroatoms. The summed E-state index contributed by atoms with van der Waals surface area (Å²) >= 11 is 0. The highest BCUT2D eigenvalue weighted by Gasteiger charge is 2.29. The van der Waals surface area contributed by atoms with Crippen molar-refractivity contribution in [2.45, 2.75) is 25.6 Å². The van der Waals surface area contributed by atoms with Gasteiger partial charge in [0.2, 0.25) is 11.8 Å². The maximum atomic E-state index is 13.0. The van der Waals surface area contributed by atoms with Crippen molar-refractivity contribution in [2.24, 2.45) is 0 Å². The molecule has 0 saturated heterocycles. The van der Waals surface area contributed by atoms with Crippen LogP contribution in [0.3, 0.4) is 0 Å². The van der Waals surface area contributed by atoms with Crippen LogP contribution in [0.15, 0.2) is 46.9 Å². The Morgan fingerprint density at radius 2 is 2.06 bits per heavy atom. The molecule has 9 nitrogen and oxygen atoms in total. The second kappa shape index (κ2) is 8.10. The number of hydrogen-bond donors (Lipinski definition) is 2. The summed E-state index contributed by atoms with van der Waals surface area (Å²) in [5.41, 5.74) is 3.24. The number of oxazole rings is 1. The summed E-state index contributed by atoms with van der Waals surface area (Å²) in [6.45, 7) is 0.481. The number of aliphatic carboxylic acids is 1. The number of likely N-dealkylation sites (N-methyl/N-ethyl adjacent to an activating group) is 1. The third kappa shape index (κ3) is 4.20. The number of nitrogens with one attached hydrogen (secondary N) is 1. The van der Waals surface area contributed by atoms with Crippen molar-refractivity contribution in [1.29, 1.82) is 0 Å². The van der Waals surface area contributed by atoms with E-state index in [4.69, 9.17) is 9.52 Å². The third-order valence-corrected chi connectivity index (χ3v) is 5.20. The summed E-state index contributed by atoms with van der Waals surface area (Å²) in [4.78, 5) is 43.9. The molecule has 0 spiro atoms. The van der Waals surface area contributed by atoms with Gasteiger partial charge in [-0.05, 0) is 35.9 Å². The molecular formula is C22H22N4O5. The first-order valence-electron chi connectivity index (χ1n) is 9.78. The number of benzene rings is 2. The predicted molar refractivity (Wildman–Crippen MR) is 112 cm³/mol. The van der Waals surface area contributed by atoms with Gasteiger partial charge in [0.1, 0.15) is 11.6 Å². The minimum atomic E-state index is -1.06. The maximum Gasteiger partial charge on any atom is 0.305 e. The van der Waals surface area contributed by atoms with Crippen molar-refractivity contribution in [1.82, 2.24) is 14.8 Å². The first-order valence-corrected chi connectivity index (χ1v) is 9.78. The number of anilines is 1. The molecule has 0 radical (unpaired) electrons. The van der Waals surface area contributed by atoms with Gasteiger partial charge in [0.05, 0.1) is 13.0 Å². The SMILES string of the molecule is CN(Cc1nc2ccccc2o1)C(=O)c1ccc2c(c1)CN(C)C(=O)C(CC(=O)O)N2. The molecule has 2 N–H and O–H groups in total. The minimum absolute atomic E-state index is 0.210. The van der Waals surface area contributed by atoms with Crippen LogP contribution in [0, 0.1) is 0 Å². The largest absolute Gasteiger partial charge is 0.481 e. The zero-order valence-corrected chi connectivity index (χ0v) is 17.2. The topological polar surface area (TPSA) is 116 Å². The highest BCUT2D eigenvalue weighted by molar-refractivity contribution is 5.95. The number of carbonyl (C=O) groups is 3. The van der Waals surface area contributed by atoms with Crippen molar-refractivity contribution in [2.75, 3.05) is 19.4 Å². The molecule has 31 heavy (non-hydrogen) atoms. The van der Waals surface area contributed by atoms with Crippen LogP contribution >= 0.6 is 0 Å². The zero-order valence-electron chi connectivity index (χ0n) is 17.2. The molecule has 0 aliphatic carbocycles. The Balaban J connectivity index is 1.53. The number of hydrogen-bond acceptors (Lipinski definition) is 6. The fourth-order valence-corrected chi connectivity index (χ4v) is 3.64. The Morgan fingerprint density at radius 1 is 1.29 bits per heavy atom. The van der Waals surface area contributed by atoms with E-state index in [0.29, 0.717) is 22.7 Å². The highest BCUT2D eigenvalue weighted by atomic mass is 16.4. The summed E-state index contributed by atoms with van der Waals surface area (Å²) in [6, 6.07) is 11.6. The summed E-state index contributed by atoms with van der Waals surface area (Å²) in [5.74, 6) is -1.14. The van der Waals surface area contributed by atoms with Crippen LogP contribution in [0.4, 0.5) is 5.69 Å². The van der Waals surface area contributed by atoms with Gasteiger partial charge < -0.3 is 24.6 Å². The standard InChI is InChI=1S/C22H22N4O5/c1-25-11-14-9-13(7-8-15(14)23-17(22(25)30)10-20(27)28)21(29)26(2)12-19-24-16-5-3-4-6-18(16)31-19/h3-9,17,23H,10-12H2,1-2H3,(H,27,28). The number of carboxylic acid groups (broad SMARTS) is 1. The van der Waals surface area contributed by atoms with Gasteiger partial charge in [0, 0.05) is 31.9 Å². The molecular weight excluding hydrogens is 400 g/mol. The van der Waals surface area contributed by atoms with Gasteiger partial charge >= 0.3 is 5.97 Å². The second-order valence-electron chi connectivity index (χ2n) is 7.60. The summed E-state index contributed by atoms with van der Waals surface area (Å²) in [5, 5.41) is 12.1. The first kappa shape index (κ1) is 20.4. The Bertz CT molecular complexity index is 1140. The smallest absolute Gasteiger partial charge is 0.305 e. The van der Waals surface area contributed by atoms with Crippen LogP contribution in [0.25, 0.3) is 11.1 Å². The van der Waals surface area contributed by atoms with Gasteiger partial charge in [0.25, 0.3) is 5.91 Å². The van der Waals surface area contributed by atoms with Gasteiger partial charge in [-0.1, -0.05) is 12.1 Å². The lowest BCUT2D eigenvalue weighted by atomic mass is 10.1. The lowest BCUT2D eigenvalue weighted by Gasteiger charge is -2.19. The number of nitrogens with zero attached hydrogens (tertiary/aromatic N) is 3. The molecule has 0 fully saturated rings. The molecule has 1 aliphatic heterocycles. The molecule has 0 saturated carbocycles. The monoisotopic (exact) mass is 422 g/mol. The fraction of sp³-hybridized carbons (Fsp3) is 0.273. The van der Waals surface area contributed by atoms with E-state index in [2.05, 4.69) is 10.3 Å². The molecule has 0 bridgehead atoms. The number of carboxylic acids is 1. The second-order valence-corrected chi connectivity index (χ2v) is 7.60. The van der Waals surface area contributed by atoms with Crippen LogP contribution in [0.2, 0.25) is 0 Å². The van der Waals surface area contributed by atoms with Gasteiger partial charge in [-0.2, -0.15) is 0 Å². The van der Waals surface area contributed by atoms with Crippen LogP contribution in [0.1, 0.15) is 28.2 Å². The van der Waals surface area contributed by atoms with Crippen molar-refractivity contribution in [3.05, 3.63) is 59.5 Å². The Hall–Kier alpha value is -3.88. The fourth-order valence-electron chi connectivity index (χ4n) is 3.64. The van der Waals surface area contributed by atoms with Gasteiger partial charge in [0.15, 0.2) is 5.58 Å². The zero-order chi connectivity index (χ0) is 22.1. The molecule has 1 aromatic heterocycles. The summed E-state index contributed by atoms with van der Waals surface area (Å²) in [6.07, 6.45) is -0.323. The van der Waals surface area contributed by atoms with Crippen molar-refractivity contribution in [3.63, 3.8) is 0 Å². The van der Waals surface area contributed by atoms with Crippen molar-refractivity contribution >= 4 is 34.6 Å². The molecule has 1 aliphatic rings. The number of aromatic nitrogens is 1. The molecule has 2 amide bonds. The van der Waals surface area contributed by atoms with Crippen LogP contribution in [0.5, 0.6) is 0 Å². The van der Waals surface area contributed by atoms with Gasteiger partial charge in [-0.3, -0.25) is 14.4 Å². The van der Waals surface area contributed by atoms with Crippen LogP contribution in [-0.2, 0) is 22.7 Å². The lowest BCUT2D eigenvalue weighted by Crippen LogP contribution is -2.39. The molecule has 4 rings (SSSR count). The minimum Gasteiger partial charge on any atom is -0.481 e. The van der Waals surface area contributed by atoms with E-state index in [0.717, 1.165) is 11.1 Å². The Labute approximate surface area is 178 Å². The number of rotatable bonds is 5. The van der Waals surface area contributed by atoms with Gasteiger partial charge in [-0.25, -0.2) is 4.98 Å². The van der Waals surface area contributed by atoms with Gasteiger partial charge in [-0.15, -0.1) is 0 Å². The van der Waals surface area contributed by atoms with E-state index in [-0.39, 0.29) is 31.3 Å². The number of para-hydroxylation sites is 2. The molecule has 1 unspecified atom stereocenters. The normalized spacial score (nSPS) is 15.9. The predicted octanol–water partition coefficient (Wildman–Crippen LogP) is 2.33. The summed E-state index contributed by atoms with van der Waals surface area (Å²) < 4.78 is 5.69. The van der Waals surface area contributed by atoms with E-state index in [1.165, 1.54) is 9.80 Å². The molecule has 2 aromatic carbocycles. The average Bonchev–Trinajstić information content (AvgIpc) is 3.10. The highest BCUT2D eigenvalue weighted by Crippen LogP contribution is 2.25. The quantitative estimate of drug-likeness (QED) is 0.648. The molecule has 160 valence electrons. The number of fused-ring (bicyclic) bond motifs is 2. The van der Waals surface area contributed by atoms with E-state index in [1.54, 1.807) is 32.3 Å². The average molecular weight is 422 g/mol. The van der Waals surface area contributed by atoms with E-state index < -0.39 is 12.0 Å². The number of amides is 2. The molecule has 3 aromatic rings. The van der Waals surface area contributed by atoms with E-state index in [1.807, 2.05) is 24.3 Å². The Kier molecular flexibility index (Phi) is 5.33. The van der Waals surface area contributed by atoms with Crippen LogP contribution < -0.4 is 5.32 Å².